The van der Waals surface area contributed by atoms with Crippen LogP contribution >= 0.6 is 0 Å². The lowest BCUT2D eigenvalue weighted by atomic mass is 10.2. The van der Waals surface area contributed by atoms with Gasteiger partial charge in [0.15, 0.2) is 5.76 Å². The van der Waals surface area contributed by atoms with Crippen LogP contribution in [-0.2, 0) is 4.79 Å². The van der Waals surface area contributed by atoms with Crippen LogP contribution in [-0.4, -0.2) is 65.6 Å². The molecular weight excluding hydrogens is 302 g/mol. The molecule has 0 bridgehead atoms. The molecule has 0 spiro atoms. The molecule has 1 fully saturated rings. The lowest BCUT2D eigenvalue weighted by Gasteiger charge is -2.36. The van der Waals surface area contributed by atoms with Gasteiger partial charge in [0, 0.05) is 32.2 Å². The molecule has 9 nitrogen and oxygen atoms in total. The third kappa shape index (κ3) is 5.15. The standard InChI is InChI=1S/C14H21N5O4/c1-11(2)18-7-5-17(6-8-18)10-13(20)16-15-9-12-3-4-14(23-12)19(21)22/h3-4,9,11H,5-8,10H2,1-2H3,(H,16,20)/b15-9+. The van der Waals surface area contributed by atoms with Gasteiger partial charge in [-0.3, -0.25) is 24.7 Å². The molecule has 1 N–H and O–H groups in total. The average molecular weight is 323 g/mol. The van der Waals surface area contributed by atoms with Crippen LogP contribution in [0.25, 0.3) is 0 Å². The van der Waals surface area contributed by atoms with Crippen molar-refractivity contribution in [1.82, 2.24) is 15.2 Å². The second kappa shape index (κ2) is 7.84. The van der Waals surface area contributed by atoms with Gasteiger partial charge >= 0.3 is 5.88 Å². The fourth-order valence-corrected chi connectivity index (χ4v) is 2.35. The first kappa shape index (κ1) is 17.1. The van der Waals surface area contributed by atoms with Crippen molar-refractivity contribution in [3.8, 4) is 0 Å². The summed E-state index contributed by atoms with van der Waals surface area (Å²) in [5, 5.41) is 14.2. The highest BCUT2D eigenvalue weighted by atomic mass is 16.6. The SMILES string of the molecule is CC(C)N1CCN(CC(=O)N/N=C/c2ccc([N+](=O)[O-])o2)CC1. The Morgan fingerprint density at radius 1 is 1.43 bits per heavy atom. The summed E-state index contributed by atoms with van der Waals surface area (Å²) in [5.41, 5.74) is 2.40. The van der Waals surface area contributed by atoms with Crippen LogP contribution in [0.2, 0.25) is 0 Å². The van der Waals surface area contributed by atoms with Gasteiger partial charge in [-0.25, -0.2) is 5.43 Å². The second-order valence-electron chi connectivity index (χ2n) is 5.63. The molecule has 2 heterocycles. The maximum absolute atomic E-state index is 11.8. The van der Waals surface area contributed by atoms with E-state index in [1.165, 1.54) is 18.3 Å². The maximum atomic E-state index is 11.8. The van der Waals surface area contributed by atoms with Crippen molar-refractivity contribution in [3.05, 3.63) is 28.0 Å². The summed E-state index contributed by atoms with van der Waals surface area (Å²) in [6.07, 6.45) is 1.24. The quantitative estimate of drug-likeness (QED) is 0.468. The van der Waals surface area contributed by atoms with Crippen LogP contribution in [0.5, 0.6) is 0 Å². The molecule has 0 unspecified atom stereocenters. The highest BCUT2D eigenvalue weighted by Gasteiger charge is 2.20. The molecule has 0 aliphatic carbocycles. The zero-order valence-corrected chi connectivity index (χ0v) is 13.3. The summed E-state index contributed by atoms with van der Waals surface area (Å²) < 4.78 is 4.90. The molecule has 126 valence electrons. The minimum atomic E-state index is -0.632. The number of nitro groups is 1. The summed E-state index contributed by atoms with van der Waals surface area (Å²) in [6.45, 7) is 8.20. The average Bonchev–Trinajstić information content (AvgIpc) is 2.97. The first-order valence-electron chi connectivity index (χ1n) is 7.48. The predicted octanol–water partition coefficient (Wildman–Crippen LogP) is 0.664. The molecule has 0 saturated carbocycles. The normalized spacial score (nSPS) is 17.0. The Bertz CT molecular complexity index is 575. The van der Waals surface area contributed by atoms with E-state index in [0.29, 0.717) is 6.04 Å². The number of hydrogen-bond acceptors (Lipinski definition) is 7. The number of hydrogen-bond donors (Lipinski definition) is 1. The first-order valence-corrected chi connectivity index (χ1v) is 7.48. The minimum absolute atomic E-state index is 0.211. The van der Waals surface area contributed by atoms with E-state index in [0.717, 1.165) is 26.2 Å². The minimum Gasteiger partial charge on any atom is -0.400 e. The zero-order valence-electron chi connectivity index (χ0n) is 13.3. The Labute approximate surface area is 134 Å². The number of piperazine rings is 1. The van der Waals surface area contributed by atoms with Crippen molar-refractivity contribution >= 4 is 18.0 Å². The highest BCUT2D eigenvalue weighted by molar-refractivity contribution is 5.81. The Morgan fingerprint density at radius 2 is 2.13 bits per heavy atom. The maximum Gasteiger partial charge on any atom is 0.433 e. The molecule has 1 aromatic rings. The smallest absolute Gasteiger partial charge is 0.400 e. The number of carbonyl (C=O) groups excluding carboxylic acids is 1. The number of hydrazone groups is 1. The van der Waals surface area contributed by atoms with Crippen LogP contribution in [0.3, 0.4) is 0 Å². The molecule has 0 aromatic carbocycles. The van der Waals surface area contributed by atoms with E-state index in [2.05, 4.69) is 34.2 Å². The van der Waals surface area contributed by atoms with Gasteiger partial charge in [0.25, 0.3) is 5.91 Å². The van der Waals surface area contributed by atoms with Crippen LogP contribution < -0.4 is 5.43 Å². The van der Waals surface area contributed by atoms with E-state index in [-0.39, 0.29) is 24.1 Å². The molecule has 0 atom stereocenters. The zero-order chi connectivity index (χ0) is 16.8. The van der Waals surface area contributed by atoms with Gasteiger partial charge < -0.3 is 4.42 Å². The number of amides is 1. The van der Waals surface area contributed by atoms with Crippen molar-refractivity contribution in [2.45, 2.75) is 19.9 Å². The van der Waals surface area contributed by atoms with Crippen LogP contribution in [0, 0.1) is 10.1 Å². The first-order chi connectivity index (χ1) is 11.0. The summed E-state index contributed by atoms with van der Waals surface area (Å²) in [5.74, 6) is -0.372. The fourth-order valence-electron chi connectivity index (χ4n) is 2.35. The Hall–Kier alpha value is -2.26. The van der Waals surface area contributed by atoms with Crippen molar-refractivity contribution in [2.75, 3.05) is 32.7 Å². The van der Waals surface area contributed by atoms with Gasteiger partial charge in [0.1, 0.15) is 4.92 Å². The predicted molar refractivity (Wildman–Crippen MR) is 84.2 cm³/mol. The van der Waals surface area contributed by atoms with Gasteiger partial charge in [-0.05, 0) is 19.9 Å². The molecule has 2 rings (SSSR count). The van der Waals surface area contributed by atoms with Crippen molar-refractivity contribution in [2.24, 2.45) is 5.10 Å². The highest BCUT2D eigenvalue weighted by Crippen LogP contribution is 2.13. The van der Waals surface area contributed by atoms with Crippen molar-refractivity contribution < 1.29 is 14.1 Å². The van der Waals surface area contributed by atoms with Crippen LogP contribution in [0.1, 0.15) is 19.6 Å². The molecule has 1 aliphatic heterocycles. The lowest BCUT2D eigenvalue weighted by molar-refractivity contribution is -0.402. The van der Waals surface area contributed by atoms with Crippen LogP contribution in [0.4, 0.5) is 5.88 Å². The van der Waals surface area contributed by atoms with Gasteiger partial charge in [-0.15, -0.1) is 0 Å². The molecule has 1 saturated heterocycles. The Morgan fingerprint density at radius 3 is 2.70 bits per heavy atom. The van der Waals surface area contributed by atoms with Crippen molar-refractivity contribution in [3.63, 3.8) is 0 Å². The summed E-state index contributed by atoms with van der Waals surface area (Å²) >= 11 is 0. The number of furan rings is 1. The topological polar surface area (TPSA) is 104 Å². The third-order valence-corrected chi connectivity index (χ3v) is 3.68. The van der Waals surface area contributed by atoms with E-state index in [1.807, 2.05) is 0 Å². The molecule has 0 radical (unpaired) electrons. The van der Waals surface area contributed by atoms with E-state index < -0.39 is 4.92 Å². The molecule has 1 amide bonds. The van der Waals surface area contributed by atoms with Gasteiger partial charge in [0.05, 0.1) is 18.8 Å². The third-order valence-electron chi connectivity index (χ3n) is 3.68. The number of nitrogens with one attached hydrogen (secondary N) is 1. The van der Waals surface area contributed by atoms with E-state index >= 15 is 0 Å². The summed E-state index contributed by atoms with van der Waals surface area (Å²) in [6, 6.07) is 3.17. The molecular formula is C14H21N5O4. The monoisotopic (exact) mass is 323 g/mol. The van der Waals surface area contributed by atoms with Crippen LogP contribution in [0.15, 0.2) is 21.7 Å². The summed E-state index contributed by atoms with van der Waals surface area (Å²) in [4.78, 5) is 26.1. The fraction of sp³-hybridized carbons (Fsp3) is 0.571. The number of rotatable bonds is 6. The van der Waals surface area contributed by atoms with E-state index in [9.17, 15) is 14.9 Å². The summed E-state index contributed by atoms with van der Waals surface area (Å²) in [7, 11) is 0. The molecule has 1 aromatic heterocycles. The molecule has 23 heavy (non-hydrogen) atoms. The number of carbonyl (C=O) groups is 1. The van der Waals surface area contributed by atoms with Gasteiger partial charge in [-0.2, -0.15) is 5.10 Å². The van der Waals surface area contributed by atoms with Gasteiger partial charge in [0.2, 0.25) is 0 Å². The van der Waals surface area contributed by atoms with Crippen molar-refractivity contribution in [1.29, 1.82) is 0 Å². The Kier molecular flexibility index (Phi) is 5.83. The largest absolute Gasteiger partial charge is 0.433 e. The number of nitrogens with zero attached hydrogens (tertiary/aromatic N) is 4. The van der Waals surface area contributed by atoms with E-state index in [4.69, 9.17) is 4.42 Å². The Balaban J connectivity index is 1.72. The molecule has 1 aliphatic rings. The van der Waals surface area contributed by atoms with Gasteiger partial charge in [-0.1, -0.05) is 0 Å². The second-order valence-corrected chi connectivity index (χ2v) is 5.63. The molecule has 9 heteroatoms. The lowest BCUT2D eigenvalue weighted by Crippen LogP contribution is -2.50. The van der Waals surface area contributed by atoms with E-state index in [1.54, 1.807) is 0 Å².